The number of aryl methyl sites for hydroxylation is 1. The summed E-state index contributed by atoms with van der Waals surface area (Å²) >= 11 is 1.32. The Morgan fingerprint density at radius 1 is 1.14 bits per heavy atom. The average Bonchev–Trinajstić information content (AvgIpc) is 2.76. The highest BCUT2D eigenvalue weighted by atomic mass is 32.2. The maximum atomic E-state index is 12.6. The third-order valence-electron chi connectivity index (χ3n) is 4.45. The van der Waals surface area contributed by atoms with Gasteiger partial charge in [-0.15, -0.1) is 10.2 Å². The summed E-state index contributed by atoms with van der Waals surface area (Å²) < 4.78 is 6.36. The number of aromatic nitrogens is 3. The molecule has 0 aliphatic heterocycles. The van der Waals surface area contributed by atoms with Crippen molar-refractivity contribution in [3.8, 4) is 5.75 Å². The molecule has 0 aliphatic carbocycles. The summed E-state index contributed by atoms with van der Waals surface area (Å²) in [7, 11) is 1.62. The Hall–Kier alpha value is -3.00. The van der Waals surface area contributed by atoms with Gasteiger partial charge in [0.1, 0.15) is 5.75 Å². The minimum Gasteiger partial charge on any atom is -0.496 e. The van der Waals surface area contributed by atoms with E-state index in [1.54, 1.807) is 7.11 Å². The molecule has 0 atom stereocenters. The number of nitrogens with one attached hydrogen (secondary N) is 1. The zero-order valence-corrected chi connectivity index (χ0v) is 17.4. The molecule has 3 aromatic rings. The van der Waals surface area contributed by atoms with E-state index in [9.17, 15) is 4.79 Å². The van der Waals surface area contributed by atoms with Crippen molar-refractivity contribution in [1.82, 2.24) is 14.9 Å². The standard InChI is InChI=1S/C21H25N5O2S/c1-3-4-7-15-10-12-17(13-11-15)23-19-20(27)26(22)21(25-24-19)29-14-16-8-5-6-9-18(16)28-2/h5-6,8-13H,3-4,7,14,22H2,1-2H3,(H,23,24). The largest absolute Gasteiger partial charge is 0.496 e. The second kappa shape index (κ2) is 9.97. The van der Waals surface area contributed by atoms with Gasteiger partial charge in [-0.3, -0.25) is 4.79 Å². The van der Waals surface area contributed by atoms with Gasteiger partial charge in [0.15, 0.2) is 0 Å². The summed E-state index contributed by atoms with van der Waals surface area (Å²) in [4.78, 5) is 12.6. The van der Waals surface area contributed by atoms with E-state index in [1.807, 2.05) is 48.5 Å². The Labute approximate surface area is 174 Å². The van der Waals surface area contributed by atoms with Crippen LogP contribution in [-0.2, 0) is 12.2 Å². The molecule has 1 heterocycles. The summed E-state index contributed by atoms with van der Waals surface area (Å²) in [5.74, 6) is 7.39. The first kappa shape index (κ1) is 20.7. The molecule has 0 radical (unpaired) electrons. The van der Waals surface area contributed by atoms with Crippen LogP contribution < -0.4 is 21.5 Å². The number of unbranched alkanes of at least 4 members (excludes halogenated alkanes) is 1. The number of thioether (sulfide) groups is 1. The molecule has 0 unspecified atom stereocenters. The molecular formula is C21H25N5O2S. The van der Waals surface area contributed by atoms with Crippen molar-refractivity contribution >= 4 is 23.3 Å². The van der Waals surface area contributed by atoms with Gasteiger partial charge in [-0.1, -0.05) is 55.4 Å². The molecule has 0 saturated heterocycles. The topological polar surface area (TPSA) is 95.1 Å². The van der Waals surface area contributed by atoms with Gasteiger partial charge >= 0.3 is 5.56 Å². The number of rotatable bonds is 9. The smallest absolute Gasteiger partial charge is 0.315 e. The van der Waals surface area contributed by atoms with Crippen LogP contribution in [0.3, 0.4) is 0 Å². The van der Waals surface area contributed by atoms with Gasteiger partial charge in [-0.25, -0.2) is 0 Å². The number of hydrogen-bond donors (Lipinski definition) is 2. The average molecular weight is 412 g/mol. The van der Waals surface area contributed by atoms with Gasteiger partial charge in [0, 0.05) is 17.0 Å². The lowest BCUT2D eigenvalue weighted by atomic mass is 10.1. The number of para-hydroxylation sites is 1. The molecule has 0 aliphatic rings. The van der Waals surface area contributed by atoms with Gasteiger partial charge in [-0.2, -0.15) is 4.68 Å². The Bertz CT molecular complexity index is 1000. The van der Waals surface area contributed by atoms with E-state index in [0.717, 1.165) is 40.9 Å². The number of methoxy groups -OCH3 is 1. The van der Waals surface area contributed by atoms with Crippen molar-refractivity contribution in [1.29, 1.82) is 0 Å². The van der Waals surface area contributed by atoms with Crippen LogP contribution in [0.4, 0.5) is 11.5 Å². The summed E-state index contributed by atoms with van der Waals surface area (Å²) in [6.45, 7) is 2.17. The van der Waals surface area contributed by atoms with Crippen molar-refractivity contribution in [3.05, 3.63) is 70.0 Å². The number of anilines is 2. The predicted molar refractivity (Wildman–Crippen MR) is 117 cm³/mol. The van der Waals surface area contributed by atoms with Crippen molar-refractivity contribution in [2.24, 2.45) is 0 Å². The molecule has 0 bridgehead atoms. The molecule has 152 valence electrons. The fourth-order valence-electron chi connectivity index (χ4n) is 2.80. The molecule has 0 saturated carbocycles. The summed E-state index contributed by atoms with van der Waals surface area (Å²) in [5, 5.41) is 11.5. The van der Waals surface area contributed by atoms with E-state index in [4.69, 9.17) is 10.6 Å². The quantitative estimate of drug-likeness (QED) is 0.409. The minimum atomic E-state index is -0.433. The van der Waals surface area contributed by atoms with Crippen LogP contribution in [0.5, 0.6) is 5.75 Å². The molecule has 3 rings (SSSR count). The fourth-order valence-corrected chi connectivity index (χ4v) is 3.64. The molecule has 0 fully saturated rings. The highest BCUT2D eigenvalue weighted by Crippen LogP contribution is 2.25. The zero-order chi connectivity index (χ0) is 20.6. The third-order valence-corrected chi connectivity index (χ3v) is 5.44. The number of hydrogen-bond acceptors (Lipinski definition) is 7. The van der Waals surface area contributed by atoms with Gasteiger partial charge in [0.25, 0.3) is 0 Å². The molecular weight excluding hydrogens is 386 g/mol. The number of nitrogens with zero attached hydrogens (tertiary/aromatic N) is 3. The second-order valence-corrected chi connectivity index (χ2v) is 7.47. The number of benzene rings is 2. The van der Waals surface area contributed by atoms with E-state index in [0.29, 0.717) is 10.9 Å². The highest BCUT2D eigenvalue weighted by molar-refractivity contribution is 7.98. The summed E-state index contributed by atoms with van der Waals surface area (Å²) in [6.07, 6.45) is 3.36. The van der Waals surface area contributed by atoms with Gasteiger partial charge in [-0.05, 0) is 36.6 Å². The lowest BCUT2D eigenvalue weighted by Gasteiger charge is -2.10. The Morgan fingerprint density at radius 3 is 2.62 bits per heavy atom. The Morgan fingerprint density at radius 2 is 1.90 bits per heavy atom. The molecule has 2 aromatic carbocycles. The molecule has 3 N–H and O–H groups in total. The van der Waals surface area contributed by atoms with Crippen LogP contribution in [0.25, 0.3) is 0 Å². The lowest BCUT2D eigenvalue weighted by Crippen LogP contribution is -2.32. The SMILES string of the molecule is CCCCc1ccc(Nc2nnc(SCc3ccccc3OC)n(N)c2=O)cc1. The normalized spacial score (nSPS) is 10.7. The van der Waals surface area contributed by atoms with Crippen LogP contribution in [0, 0.1) is 0 Å². The Balaban J connectivity index is 1.70. The highest BCUT2D eigenvalue weighted by Gasteiger charge is 2.12. The molecule has 1 aromatic heterocycles. The van der Waals surface area contributed by atoms with E-state index in [1.165, 1.54) is 17.3 Å². The van der Waals surface area contributed by atoms with Gasteiger partial charge in [0.2, 0.25) is 11.0 Å². The van der Waals surface area contributed by atoms with E-state index in [2.05, 4.69) is 22.4 Å². The molecule has 8 heteroatoms. The summed E-state index contributed by atoms with van der Waals surface area (Å²) in [6, 6.07) is 15.6. The van der Waals surface area contributed by atoms with Crippen molar-refractivity contribution in [3.63, 3.8) is 0 Å². The van der Waals surface area contributed by atoms with Crippen LogP contribution in [0.2, 0.25) is 0 Å². The first-order chi connectivity index (χ1) is 14.1. The molecule has 0 amide bonds. The van der Waals surface area contributed by atoms with Crippen molar-refractivity contribution in [2.75, 3.05) is 18.3 Å². The monoisotopic (exact) mass is 411 g/mol. The first-order valence-electron chi connectivity index (χ1n) is 9.47. The molecule has 29 heavy (non-hydrogen) atoms. The lowest BCUT2D eigenvalue weighted by molar-refractivity contribution is 0.411. The van der Waals surface area contributed by atoms with Crippen LogP contribution in [0.15, 0.2) is 58.5 Å². The van der Waals surface area contributed by atoms with E-state index >= 15 is 0 Å². The first-order valence-corrected chi connectivity index (χ1v) is 10.5. The maximum absolute atomic E-state index is 12.6. The fraction of sp³-hybridized carbons (Fsp3) is 0.286. The van der Waals surface area contributed by atoms with Gasteiger partial charge in [0.05, 0.1) is 7.11 Å². The van der Waals surface area contributed by atoms with E-state index in [-0.39, 0.29) is 5.82 Å². The van der Waals surface area contributed by atoms with Crippen LogP contribution in [0.1, 0.15) is 30.9 Å². The van der Waals surface area contributed by atoms with Crippen LogP contribution >= 0.6 is 11.8 Å². The third kappa shape index (κ3) is 5.29. The summed E-state index contributed by atoms with van der Waals surface area (Å²) in [5.41, 5.74) is 2.59. The van der Waals surface area contributed by atoms with E-state index < -0.39 is 5.56 Å². The minimum absolute atomic E-state index is 0.0930. The number of nitrogen functional groups attached to an aromatic ring is 1. The van der Waals surface area contributed by atoms with Crippen molar-refractivity contribution in [2.45, 2.75) is 37.1 Å². The predicted octanol–water partition coefficient (Wildman–Crippen LogP) is 3.74. The van der Waals surface area contributed by atoms with Crippen molar-refractivity contribution < 1.29 is 4.74 Å². The maximum Gasteiger partial charge on any atom is 0.315 e. The second-order valence-electron chi connectivity index (χ2n) is 6.53. The van der Waals surface area contributed by atoms with Gasteiger partial charge < -0.3 is 15.9 Å². The number of nitrogens with two attached hydrogens (primary N) is 1. The zero-order valence-electron chi connectivity index (χ0n) is 16.6. The molecule has 0 spiro atoms. The number of ether oxygens (including phenoxy) is 1. The van der Waals surface area contributed by atoms with Crippen LogP contribution in [-0.4, -0.2) is 22.0 Å². The Kier molecular flexibility index (Phi) is 7.13. The molecule has 7 nitrogen and oxygen atoms in total.